The summed E-state index contributed by atoms with van der Waals surface area (Å²) in [6, 6.07) is -0.0212. The fourth-order valence-corrected chi connectivity index (χ4v) is 1.91. The van der Waals surface area contributed by atoms with E-state index in [9.17, 15) is 9.59 Å². The molecule has 8 nitrogen and oxygen atoms in total. The molecule has 2 amide bonds. The van der Waals surface area contributed by atoms with Crippen LogP contribution in [0.3, 0.4) is 0 Å². The Morgan fingerprint density at radius 3 is 2.80 bits per heavy atom. The Labute approximate surface area is 116 Å². The predicted molar refractivity (Wildman–Crippen MR) is 70.0 cm³/mol. The van der Waals surface area contributed by atoms with Crippen molar-refractivity contribution in [1.82, 2.24) is 30.9 Å². The fourth-order valence-electron chi connectivity index (χ4n) is 1.91. The van der Waals surface area contributed by atoms with Crippen LogP contribution in [0.15, 0.2) is 6.20 Å². The first-order valence-electron chi connectivity index (χ1n) is 6.87. The van der Waals surface area contributed by atoms with E-state index in [4.69, 9.17) is 0 Å². The molecule has 3 rings (SSSR count). The van der Waals surface area contributed by atoms with Gasteiger partial charge in [-0.15, -0.1) is 5.10 Å². The van der Waals surface area contributed by atoms with Gasteiger partial charge in [0.15, 0.2) is 5.69 Å². The number of hydrogen-bond donors (Lipinski definition) is 3. The van der Waals surface area contributed by atoms with E-state index >= 15 is 0 Å². The van der Waals surface area contributed by atoms with Crippen LogP contribution in [0.1, 0.15) is 36.3 Å². The third-order valence-electron chi connectivity index (χ3n) is 3.54. The summed E-state index contributed by atoms with van der Waals surface area (Å²) in [4.78, 5) is 23.7. The number of nitrogens with zero attached hydrogens (tertiary/aromatic N) is 3. The minimum atomic E-state index is -0.571. The number of nitrogens with one attached hydrogen (secondary N) is 3. The molecule has 1 unspecified atom stereocenters. The number of hydrogen-bond acceptors (Lipinski definition) is 5. The monoisotopic (exact) mass is 278 g/mol. The lowest BCUT2D eigenvalue weighted by molar-refractivity contribution is -0.122. The Hall–Kier alpha value is -1.96. The van der Waals surface area contributed by atoms with Gasteiger partial charge in [0, 0.05) is 19.1 Å². The number of carbonyl (C=O) groups is 2. The Balaban J connectivity index is 1.54. The van der Waals surface area contributed by atoms with Gasteiger partial charge in [0.1, 0.15) is 6.04 Å². The molecule has 0 aromatic carbocycles. The average molecular weight is 278 g/mol. The minimum Gasteiger partial charge on any atom is -0.352 e. The van der Waals surface area contributed by atoms with E-state index in [-0.39, 0.29) is 29.6 Å². The van der Waals surface area contributed by atoms with Crippen LogP contribution in [-0.4, -0.2) is 52.0 Å². The maximum atomic E-state index is 12.0. The third kappa shape index (κ3) is 2.79. The topological polar surface area (TPSA) is 101 Å². The molecule has 1 saturated carbocycles. The Kier molecular flexibility index (Phi) is 3.39. The van der Waals surface area contributed by atoms with Gasteiger partial charge in [-0.2, -0.15) is 0 Å². The normalized spacial score (nSPS) is 20.1. The van der Waals surface area contributed by atoms with Crippen molar-refractivity contribution in [2.24, 2.45) is 0 Å². The predicted octanol–water partition coefficient (Wildman–Crippen LogP) is -1.18. The van der Waals surface area contributed by atoms with E-state index < -0.39 is 6.04 Å². The molecule has 0 bridgehead atoms. The summed E-state index contributed by atoms with van der Waals surface area (Å²) < 4.78 is 1.68. The highest BCUT2D eigenvalue weighted by atomic mass is 16.2. The van der Waals surface area contributed by atoms with Crippen molar-refractivity contribution < 1.29 is 9.59 Å². The second-order valence-electron chi connectivity index (χ2n) is 5.37. The van der Waals surface area contributed by atoms with Gasteiger partial charge in [0.05, 0.1) is 12.2 Å². The maximum Gasteiger partial charge on any atom is 0.274 e. The number of amides is 2. The SMILES string of the molecule is CC(NC(=O)c1cn(C2CNC2)nn1)C(=O)NC1CC1. The van der Waals surface area contributed by atoms with E-state index in [0.29, 0.717) is 0 Å². The molecule has 1 saturated heterocycles. The Bertz CT molecular complexity index is 520. The minimum absolute atomic E-state index is 0.156. The standard InChI is InChI=1S/C12H18N6O2/c1-7(11(19)15-8-2-3-8)14-12(20)10-6-18(17-16-10)9-4-13-5-9/h6-9,13H,2-5H2,1H3,(H,14,20)(H,15,19). The maximum absolute atomic E-state index is 12.0. The highest BCUT2D eigenvalue weighted by Crippen LogP contribution is 2.18. The molecule has 2 aliphatic rings. The van der Waals surface area contributed by atoms with Gasteiger partial charge in [0.2, 0.25) is 5.91 Å². The molecule has 2 fully saturated rings. The molecule has 108 valence electrons. The largest absolute Gasteiger partial charge is 0.352 e. The first kappa shape index (κ1) is 13.0. The molecule has 20 heavy (non-hydrogen) atoms. The quantitative estimate of drug-likeness (QED) is 0.629. The lowest BCUT2D eigenvalue weighted by Gasteiger charge is -2.26. The second-order valence-corrected chi connectivity index (χ2v) is 5.37. The zero-order chi connectivity index (χ0) is 14.1. The van der Waals surface area contributed by atoms with Gasteiger partial charge in [-0.1, -0.05) is 5.21 Å². The lowest BCUT2D eigenvalue weighted by Crippen LogP contribution is -2.45. The first-order valence-corrected chi connectivity index (χ1v) is 6.87. The van der Waals surface area contributed by atoms with Crippen molar-refractivity contribution in [3.63, 3.8) is 0 Å². The average Bonchev–Trinajstić information content (AvgIpc) is 3.02. The molecule has 2 heterocycles. The summed E-state index contributed by atoms with van der Waals surface area (Å²) in [6.07, 6.45) is 3.67. The van der Waals surface area contributed by atoms with E-state index in [2.05, 4.69) is 26.3 Å². The molecule has 1 aliphatic carbocycles. The smallest absolute Gasteiger partial charge is 0.274 e. The van der Waals surface area contributed by atoms with Crippen molar-refractivity contribution in [2.75, 3.05) is 13.1 Å². The van der Waals surface area contributed by atoms with E-state index in [0.717, 1.165) is 25.9 Å². The second kappa shape index (κ2) is 5.20. The fraction of sp³-hybridized carbons (Fsp3) is 0.667. The zero-order valence-electron chi connectivity index (χ0n) is 11.3. The molecule has 3 N–H and O–H groups in total. The van der Waals surface area contributed by atoms with Crippen LogP contribution in [-0.2, 0) is 4.79 Å². The van der Waals surface area contributed by atoms with Crippen molar-refractivity contribution >= 4 is 11.8 Å². The van der Waals surface area contributed by atoms with Crippen molar-refractivity contribution in [3.05, 3.63) is 11.9 Å². The van der Waals surface area contributed by atoms with Crippen LogP contribution >= 0.6 is 0 Å². The summed E-state index contributed by atoms with van der Waals surface area (Å²) >= 11 is 0. The van der Waals surface area contributed by atoms with E-state index in [1.165, 1.54) is 0 Å². The van der Waals surface area contributed by atoms with Crippen LogP contribution in [0.2, 0.25) is 0 Å². The van der Waals surface area contributed by atoms with Gasteiger partial charge in [-0.25, -0.2) is 4.68 Å². The van der Waals surface area contributed by atoms with Crippen LogP contribution in [0, 0.1) is 0 Å². The summed E-state index contributed by atoms with van der Waals surface area (Å²) in [7, 11) is 0. The van der Waals surface area contributed by atoms with E-state index in [1.807, 2.05) is 0 Å². The van der Waals surface area contributed by atoms with Gasteiger partial charge in [-0.3, -0.25) is 9.59 Å². The lowest BCUT2D eigenvalue weighted by atomic mass is 10.2. The number of carbonyl (C=O) groups excluding carboxylic acids is 2. The summed E-state index contributed by atoms with van der Waals surface area (Å²) in [5.41, 5.74) is 0.239. The zero-order valence-corrected chi connectivity index (χ0v) is 11.3. The summed E-state index contributed by atoms with van der Waals surface area (Å²) in [5, 5.41) is 16.4. The molecule has 1 aromatic heterocycles. The van der Waals surface area contributed by atoms with Crippen LogP contribution in [0.5, 0.6) is 0 Å². The molecular formula is C12H18N6O2. The third-order valence-corrected chi connectivity index (χ3v) is 3.54. The highest BCUT2D eigenvalue weighted by Gasteiger charge is 2.27. The van der Waals surface area contributed by atoms with Crippen molar-refractivity contribution in [3.8, 4) is 0 Å². The van der Waals surface area contributed by atoms with Crippen molar-refractivity contribution in [1.29, 1.82) is 0 Å². The summed E-state index contributed by atoms with van der Waals surface area (Å²) in [6.45, 7) is 3.34. The van der Waals surface area contributed by atoms with Gasteiger partial charge < -0.3 is 16.0 Å². The van der Waals surface area contributed by atoms with Gasteiger partial charge >= 0.3 is 0 Å². The Morgan fingerprint density at radius 2 is 2.20 bits per heavy atom. The van der Waals surface area contributed by atoms with Crippen molar-refractivity contribution in [2.45, 2.75) is 37.9 Å². The molecule has 0 radical (unpaired) electrons. The molecule has 1 aliphatic heterocycles. The molecule has 1 atom stereocenters. The number of aromatic nitrogens is 3. The molecule has 8 heteroatoms. The highest BCUT2D eigenvalue weighted by molar-refractivity contribution is 5.95. The molecule has 0 spiro atoms. The van der Waals surface area contributed by atoms with Crippen LogP contribution in [0.25, 0.3) is 0 Å². The summed E-state index contributed by atoms with van der Waals surface area (Å²) in [5.74, 6) is -0.529. The Morgan fingerprint density at radius 1 is 1.45 bits per heavy atom. The van der Waals surface area contributed by atoms with E-state index in [1.54, 1.807) is 17.8 Å². The van der Waals surface area contributed by atoms with Gasteiger partial charge in [-0.05, 0) is 19.8 Å². The molecule has 1 aromatic rings. The molecular weight excluding hydrogens is 260 g/mol. The van der Waals surface area contributed by atoms with Gasteiger partial charge in [0.25, 0.3) is 5.91 Å². The first-order chi connectivity index (χ1) is 9.63. The number of rotatable bonds is 5. The van der Waals surface area contributed by atoms with Crippen LogP contribution < -0.4 is 16.0 Å². The van der Waals surface area contributed by atoms with Crippen LogP contribution in [0.4, 0.5) is 0 Å².